The molecule has 3 rings (SSSR count). The van der Waals surface area contributed by atoms with Gasteiger partial charge < -0.3 is 5.73 Å². The molecule has 0 radical (unpaired) electrons. The number of aromatic amines is 1. The van der Waals surface area contributed by atoms with E-state index >= 15 is 0 Å². The summed E-state index contributed by atoms with van der Waals surface area (Å²) in [6.07, 6.45) is 8.17. The molecule has 1 aliphatic rings. The van der Waals surface area contributed by atoms with Crippen LogP contribution in [-0.4, -0.2) is 30.2 Å². The normalized spacial score (nSPS) is 16.9. The third kappa shape index (κ3) is 2.81. The van der Waals surface area contributed by atoms with E-state index in [-0.39, 0.29) is 0 Å². The summed E-state index contributed by atoms with van der Waals surface area (Å²) in [6.45, 7) is 0.969. The van der Waals surface area contributed by atoms with Crippen molar-refractivity contribution in [2.45, 2.75) is 51.1 Å². The number of nitrogens with one attached hydrogen (secondary N) is 1. The average Bonchev–Trinajstić information content (AvgIpc) is 3.09. The van der Waals surface area contributed by atoms with Gasteiger partial charge in [-0.15, -0.1) is 5.10 Å². The zero-order valence-electron chi connectivity index (χ0n) is 10.9. The van der Waals surface area contributed by atoms with Gasteiger partial charge in [-0.2, -0.15) is 5.10 Å². The first-order chi connectivity index (χ1) is 9.35. The van der Waals surface area contributed by atoms with Gasteiger partial charge in [0.1, 0.15) is 12.4 Å². The minimum absolute atomic E-state index is 0.406. The Morgan fingerprint density at radius 2 is 2.16 bits per heavy atom. The number of nitrogens with zero attached hydrogens (tertiary/aromatic N) is 5. The van der Waals surface area contributed by atoms with E-state index in [0.717, 1.165) is 17.3 Å². The average molecular weight is 261 g/mol. The molecule has 7 heteroatoms. The summed E-state index contributed by atoms with van der Waals surface area (Å²) in [6, 6.07) is 0. The van der Waals surface area contributed by atoms with Crippen molar-refractivity contribution in [3.8, 4) is 0 Å². The van der Waals surface area contributed by atoms with E-state index in [9.17, 15) is 0 Å². The van der Waals surface area contributed by atoms with Gasteiger partial charge in [0.2, 0.25) is 0 Å². The minimum atomic E-state index is 0.406. The molecule has 0 atom stereocenters. The second-order valence-electron chi connectivity index (χ2n) is 5.09. The molecule has 1 aliphatic carbocycles. The number of hydrogen-bond donors (Lipinski definition) is 2. The van der Waals surface area contributed by atoms with Crippen molar-refractivity contribution in [3.05, 3.63) is 23.5 Å². The highest BCUT2D eigenvalue weighted by molar-refractivity contribution is 5.00. The predicted octanol–water partition coefficient (Wildman–Crippen LogP) is 0.951. The fourth-order valence-electron chi connectivity index (χ4n) is 2.59. The van der Waals surface area contributed by atoms with Crippen LogP contribution in [0.15, 0.2) is 6.20 Å². The van der Waals surface area contributed by atoms with Crippen LogP contribution < -0.4 is 5.73 Å². The van der Waals surface area contributed by atoms with Gasteiger partial charge in [0.25, 0.3) is 0 Å². The lowest BCUT2D eigenvalue weighted by Gasteiger charge is -2.17. The summed E-state index contributed by atoms with van der Waals surface area (Å²) in [7, 11) is 0. The maximum Gasteiger partial charge on any atom is 0.153 e. The highest BCUT2D eigenvalue weighted by Crippen LogP contribution is 2.30. The molecule has 0 saturated heterocycles. The molecule has 1 fully saturated rings. The van der Waals surface area contributed by atoms with Crippen LogP contribution in [0.5, 0.6) is 0 Å². The lowest BCUT2D eigenvalue weighted by Crippen LogP contribution is -2.07. The molecule has 19 heavy (non-hydrogen) atoms. The minimum Gasteiger partial charge on any atom is -0.325 e. The first-order valence-electron chi connectivity index (χ1n) is 6.85. The Morgan fingerprint density at radius 1 is 1.32 bits per heavy atom. The van der Waals surface area contributed by atoms with E-state index in [1.165, 1.54) is 32.1 Å². The molecule has 2 heterocycles. The van der Waals surface area contributed by atoms with Crippen LogP contribution in [0.2, 0.25) is 0 Å². The molecular formula is C12H19N7. The highest BCUT2D eigenvalue weighted by atomic mass is 15.4. The Kier molecular flexibility index (Phi) is 3.54. The second-order valence-corrected chi connectivity index (χ2v) is 5.09. The monoisotopic (exact) mass is 261 g/mol. The molecule has 3 N–H and O–H groups in total. The van der Waals surface area contributed by atoms with Crippen molar-refractivity contribution in [2.75, 3.05) is 0 Å². The van der Waals surface area contributed by atoms with E-state index < -0.39 is 0 Å². The summed E-state index contributed by atoms with van der Waals surface area (Å²) in [5, 5.41) is 15.3. The third-order valence-electron chi connectivity index (χ3n) is 3.63. The topological polar surface area (TPSA) is 98.3 Å². The molecule has 0 spiro atoms. The fourth-order valence-corrected chi connectivity index (χ4v) is 2.59. The van der Waals surface area contributed by atoms with Gasteiger partial charge in [-0.3, -0.25) is 5.10 Å². The van der Waals surface area contributed by atoms with Crippen LogP contribution >= 0.6 is 0 Å². The maximum atomic E-state index is 5.51. The summed E-state index contributed by atoms with van der Waals surface area (Å²) in [4.78, 5) is 4.58. The Bertz CT molecular complexity index is 524. The highest BCUT2D eigenvalue weighted by Gasteiger charge is 2.19. The van der Waals surface area contributed by atoms with E-state index in [1.807, 2.05) is 6.20 Å². The van der Waals surface area contributed by atoms with Crippen molar-refractivity contribution >= 4 is 0 Å². The number of rotatable bonds is 4. The Morgan fingerprint density at radius 3 is 2.89 bits per heavy atom. The zero-order valence-corrected chi connectivity index (χ0v) is 10.9. The van der Waals surface area contributed by atoms with E-state index in [4.69, 9.17) is 5.73 Å². The van der Waals surface area contributed by atoms with Crippen molar-refractivity contribution in [1.82, 2.24) is 30.2 Å². The predicted molar refractivity (Wildman–Crippen MR) is 69.2 cm³/mol. The molecule has 0 unspecified atom stereocenters. The molecular weight excluding hydrogens is 242 g/mol. The van der Waals surface area contributed by atoms with Crippen LogP contribution in [0.3, 0.4) is 0 Å². The van der Waals surface area contributed by atoms with Gasteiger partial charge in [0.05, 0.1) is 11.9 Å². The molecule has 102 valence electrons. The van der Waals surface area contributed by atoms with Gasteiger partial charge >= 0.3 is 0 Å². The zero-order chi connectivity index (χ0) is 13.1. The Labute approximate surface area is 111 Å². The number of nitrogens with two attached hydrogens (primary N) is 1. The van der Waals surface area contributed by atoms with Crippen molar-refractivity contribution < 1.29 is 0 Å². The Balaban J connectivity index is 1.67. The van der Waals surface area contributed by atoms with Gasteiger partial charge in [0.15, 0.2) is 5.82 Å². The summed E-state index contributed by atoms with van der Waals surface area (Å²) in [5.41, 5.74) is 6.29. The largest absolute Gasteiger partial charge is 0.325 e. The summed E-state index contributed by atoms with van der Waals surface area (Å²) < 4.78 is 1.73. The van der Waals surface area contributed by atoms with Crippen LogP contribution in [0.4, 0.5) is 0 Å². The molecule has 1 saturated carbocycles. The third-order valence-corrected chi connectivity index (χ3v) is 3.63. The van der Waals surface area contributed by atoms with Crippen LogP contribution in [0.25, 0.3) is 0 Å². The lowest BCUT2D eigenvalue weighted by atomic mass is 9.89. The number of aromatic nitrogens is 6. The molecule has 2 aromatic heterocycles. The summed E-state index contributed by atoms with van der Waals surface area (Å²) in [5.74, 6) is 2.30. The van der Waals surface area contributed by atoms with Crippen LogP contribution in [-0.2, 0) is 13.1 Å². The van der Waals surface area contributed by atoms with Gasteiger partial charge in [-0.1, -0.05) is 24.5 Å². The quantitative estimate of drug-likeness (QED) is 0.853. The number of H-pyrrole nitrogens is 1. The molecule has 0 amide bonds. The molecule has 0 aliphatic heterocycles. The van der Waals surface area contributed by atoms with Gasteiger partial charge in [-0.05, 0) is 12.8 Å². The van der Waals surface area contributed by atoms with E-state index in [1.54, 1.807) is 4.68 Å². The summed E-state index contributed by atoms with van der Waals surface area (Å²) >= 11 is 0. The maximum absolute atomic E-state index is 5.51. The lowest BCUT2D eigenvalue weighted by molar-refractivity contribution is 0.429. The van der Waals surface area contributed by atoms with Gasteiger partial charge in [-0.25, -0.2) is 9.67 Å². The van der Waals surface area contributed by atoms with Crippen molar-refractivity contribution in [3.63, 3.8) is 0 Å². The van der Waals surface area contributed by atoms with Crippen LogP contribution in [0.1, 0.15) is 55.4 Å². The first-order valence-corrected chi connectivity index (χ1v) is 6.85. The molecule has 2 aromatic rings. The van der Waals surface area contributed by atoms with Crippen molar-refractivity contribution in [2.24, 2.45) is 5.73 Å². The standard InChI is InChI=1S/C12H19N7/c13-6-10-7-19(18-15-10)8-11-14-12(17-16-11)9-4-2-1-3-5-9/h7,9H,1-6,8,13H2,(H,14,16,17). The molecule has 0 bridgehead atoms. The van der Waals surface area contributed by atoms with Crippen molar-refractivity contribution in [1.29, 1.82) is 0 Å². The van der Waals surface area contributed by atoms with E-state index in [2.05, 4.69) is 25.5 Å². The molecule has 7 nitrogen and oxygen atoms in total. The first kappa shape index (κ1) is 12.3. The smallest absolute Gasteiger partial charge is 0.153 e. The van der Waals surface area contributed by atoms with E-state index in [0.29, 0.717) is 19.0 Å². The van der Waals surface area contributed by atoms with Gasteiger partial charge in [0, 0.05) is 12.5 Å². The fraction of sp³-hybridized carbons (Fsp3) is 0.667. The second kappa shape index (κ2) is 5.48. The van der Waals surface area contributed by atoms with Crippen LogP contribution in [0, 0.1) is 0 Å². The molecule has 0 aromatic carbocycles. The Hall–Kier alpha value is -1.76. The number of hydrogen-bond acceptors (Lipinski definition) is 5. The SMILES string of the molecule is NCc1cn(Cc2nc(C3CCCCC3)n[nH]2)nn1.